The maximum atomic E-state index is 15.2. The zero-order valence-electron chi connectivity index (χ0n) is 29.4. The fraction of sp³-hybridized carbons (Fsp3) is 0.390. The van der Waals surface area contributed by atoms with Gasteiger partial charge >= 0.3 is 0 Å². The van der Waals surface area contributed by atoms with Gasteiger partial charge in [-0.05, 0) is 74.6 Å². The molecule has 10 heteroatoms. The van der Waals surface area contributed by atoms with Gasteiger partial charge in [0.15, 0.2) is 0 Å². The van der Waals surface area contributed by atoms with E-state index in [1.54, 1.807) is 53.5 Å². The molecule has 0 aromatic heterocycles. The van der Waals surface area contributed by atoms with E-state index in [2.05, 4.69) is 13.2 Å². The summed E-state index contributed by atoms with van der Waals surface area (Å²) in [5, 5.41) is 11.3. The Balaban J connectivity index is 1.49. The molecule has 268 valence electrons. The maximum Gasteiger partial charge on any atom is 0.253 e. The number of amides is 3. The molecule has 51 heavy (non-hydrogen) atoms. The lowest BCUT2D eigenvalue weighted by molar-refractivity contribution is -0.149. The summed E-state index contributed by atoms with van der Waals surface area (Å²) in [6.45, 7) is 14.0. The number of hydrogen-bond donors (Lipinski definition) is 1. The van der Waals surface area contributed by atoms with Crippen molar-refractivity contribution in [1.29, 1.82) is 0 Å². The number of benzene rings is 3. The third-order valence-electron chi connectivity index (χ3n) is 10.9. The quantitative estimate of drug-likeness (QED) is 0.203. The van der Waals surface area contributed by atoms with Gasteiger partial charge in [-0.15, -0.1) is 13.2 Å². The number of aliphatic hydroxyl groups is 1. The normalized spacial score (nSPS) is 26.8. The van der Waals surface area contributed by atoms with Gasteiger partial charge in [-0.2, -0.15) is 0 Å². The number of carbonyl (C=O) groups is 3. The molecule has 3 aliphatic heterocycles. The molecule has 9 nitrogen and oxygen atoms in total. The summed E-state index contributed by atoms with van der Waals surface area (Å²) in [5.41, 5.74) is -0.433. The summed E-state index contributed by atoms with van der Waals surface area (Å²) in [6.07, 6.45) is 3.92. The Morgan fingerprint density at radius 2 is 1.67 bits per heavy atom. The van der Waals surface area contributed by atoms with Gasteiger partial charge in [-0.1, -0.05) is 73.1 Å². The van der Waals surface area contributed by atoms with Crippen LogP contribution in [0, 0.1) is 17.8 Å². The molecule has 3 heterocycles. The monoisotopic (exact) mass is 711 g/mol. The second-order valence-corrected chi connectivity index (χ2v) is 14.2. The molecule has 1 spiro atoms. The van der Waals surface area contributed by atoms with E-state index in [9.17, 15) is 5.11 Å². The van der Waals surface area contributed by atoms with Crippen LogP contribution in [0.25, 0.3) is 0 Å². The summed E-state index contributed by atoms with van der Waals surface area (Å²) in [7, 11) is 0. The molecule has 3 aromatic carbocycles. The summed E-state index contributed by atoms with van der Waals surface area (Å²) in [4.78, 5) is 50.1. The lowest BCUT2D eigenvalue weighted by atomic mass is 9.62. The van der Waals surface area contributed by atoms with E-state index in [-0.39, 0.29) is 30.8 Å². The van der Waals surface area contributed by atoms with E-state index in [0.717, 1.165) is 5.56 Å². The lowest BCUT2D eigenvalue weighted by Crippen LogP contribution is -2.59. The van der Waals surface area contributed by atoms with Crippen molar-refractivity contribution in [1.82, 2.24) is 4.90 Å². The summed E-state index contributed by atoms with van der Waals surface area (Å²) < 4.78 is 12.7. The molecule has 3 fully saturated rings. The molecule has 3 aromatic rings. The highest BCUT2D eigenvalue weighted by molar-refractivity contribution is 6.34. The molecule has 7 atom stereocenters. The number of para-hydroxylation sites is 1. The van der Waals surface area contributed by atoms with E-state index in [1.165, 1.54) is 9.80 Å². The van der Waals surface area contributed by atoms with Crippen molar-refractivity contribution < 1.29 is 29.0 Å². The van der Waals surface area contributed by atoms with Crippen LogP contribution in [0.2, 0.25) is 5.02 Å². The van der Waals surface area contributed by atoms with E-state index < -0.39 is 47.6 Å². The molecule has 3 saturated heterocycles. The van der Waals surface area contributed by atoms with Crippen LogP contribution < -0.4 is 14.5 Å². The van der Waals surface area contributed by atoms with E-state index in [1.807, 2.05) is 63.2 Å². The zero-order chi connectivity index (χ0) is 36.5. The third kappa shape index (κ3) is 6.15. The average Bonchev–Trinajstić information content (AvgIpc) is 3.65. The standard InChI is InChI=1S/C41H46ClN3O6/c1-6-22-43(29-18-20-31(21-19-29)50-8-3)37(47)34-35-38(48)45(30(26-46)24-28-14-10-9-11-15-28)36(41(35)25-27(4)40(34,5)51-41)39(49)44(23-7-2)33-17-13-12-16-32(33)42/h6-7,9-21,27,30,34-36,46H,1-2,8,22-26H2,3-5H3/t27?,30-,34-,35+,36?,40+,41?/m1/s1. The van der Waals surface area contributed by atoms with Crippen LogP contribution in [0.5, 0.6) is 5.75 Å². The van der Waals surface area contributed by atoms with E-state index in [0.29, 0.717) is 41.6 Å². The van der Waals surface area contributed by atoms with Crippen LogP contribution in [-0.2, 0) is 25.5 Å². The predicted molar refractivity (Wildman–Crippen MR) is 199 cm³/mol. The van der Waals surface area contributed by atoms with Gasteiger partial charge in [0.1, 0.15) is 17.4 Å². The van der Waals surface area contributed by atoms with Crippen molar-refractivity contribution in [3.63, 3.8) is 0 Å². The first-order valence-electron chi connectivity index (χ1n) is 17.5. The van der Waals surface area contributed by atoms with Crippen LogP contribution in [-0.4, -0.2) is 77.3 Å². The van der Waals surface area contributed by atoms with Crippen LogP contribution in [0.4, 0.5) is 11.4 Å². The van der Waals surface area contributed by atoms with Gasteiger partial charge in [0, 0.05) is 18.8 Å². The van der Waals surface area contributed by atoms with Gasteiger partial charge in [-0.25, -0.2) is 0 Å². The first-order chi connectivity index (χ1) is 24.6. The first-order valence-corrected chi connectivity index (χ1v) is 17.9. The number of halogens is 1. The number of aliphatic hydroxyl groups excluding tert-OH is 1. The maximum absolute atomic E-state index is 15.2. The molecule has 2 bridgehead atoms. The second kappa shape index (κ2) is 14.7. The van der Waals surface area contributed by atoms with E-state index >= 15 is 14.4 Å². The Hall–Kier alpha value is -4.44. The highest BCUT2D eigenvalue weighted by Crippen LogP contribution is 2.66. The molecule has 3 amide bonds. The van der Waals surface area contributed by atoms with Crippen LogP contribution in [0.15, 0.2) is 104 Å². The van der Waals surface area contributed by atoms with Crippen molar-refractivity contribution in [3.05, 3.63) is 115 Å². The highest BCUT2D eigenvalue weighted by Gasteiger charge is 2.80. The van der Waals surface area contributed by atoms with Gasteiger partial charge in [0.2, 0.25) is 11.8 Å². The molecular weight excluding hydrogens is 666 g/mol. The molecule has 1 N–H and O–H groups in total. The molecule has 0 radical (unpaired) electrons. The Bertz CT molecular complexity index is 1790. The molecule has 6 rings (SSSR count). The van der Waals surface area contributed by atoms with Gasteiger partial charge in [0.25, 0.3) is 5.91 Å². The fourth-order valence-corrected chi connectivity index (χ4v) is 8.86. The summed E-state index contributed by atoms with van der Waals surface area (Å²) >= 11 is 6.67. The minimum atomic E-state index is -1.36. The van der Waals surface area contributed by atoms with Crippen molar-refractivity contribution in [2.75, 3.05) is 36.1 Å². The van der Waals surface area contributed by atoms with Crippen LogP contribution in [0.3, 0.4) is 0 Å². The number of likely N-dealkylation sites (tertiary alicyclic amines) is 1. The van der Waals surface area contributed by atoms with Crippen molar-refractivity contribution >= 4 is 40.7 Å². The third-order valence-corrected chi connectivity index (χ3v) is 11.2. The first kappa shape index (κ1) is 36.4. The van der Waals surface area contributed by atoms with Crippen LogP contribution in [0.1, 0.15) is 32.8 Å². The second-order valence-electron chi connectivity index (χ2n) is 13.8. The number of ether oxygens (including phenoxy) is 2. The molecule has 0 aliphatic carbocycles. The number of carbonyl (C=O) groups excluding carboxylic acids is 3. The Labute approximate surface area is 305 Å². The lowest BCUT2D eigenvalue weighted by Gasteiger charge is -2.39. The summed E-state index contributed by atoms with van der Waals surface area (Å²) in [5.74, 6) is -2.52. The number of anilines is 2. The number of hydrogen-bond acceptors (Lipinski definition) is 6. The number of fused-ring (bicyclic) bond motifs is 1. The molecule has 3 unspecified atom stereocenters. The largest absolute Gasteiger partial charge is 0.494 e. The fourth-order valence-electron chi connectivity index (χ4n) is 8.63. The zero-order valence-corrected chi connectivity index (χ0v) is 30.2. The highest BCUT2D eigenvalue weighted by atomic mass is 35.5. The minimum Gasteiger partial charge on any atom is -0.494 e. The van der Waals surface area contributed by atoms with Crippen LogP contribution >= 0.6 is 11.6 Å². The van der Waals surface area contributed by atoms with Gasteiger partial charge in [-0.3, -0.25) is 14.4 Å². The number of nitrogens with zero attached hydrogens (tertiary/aromatic N) is 3. The van der Waals surface area contributed by atoms with Crippen molar-refractivity contribution in [3.8, 4) is 5.75 Å². The van der Waals surface area contributed by atoms with E-state index in [4.69, 9.17) is 21.1 Å². The SMILES string of the molecule is C=CCN(C(=O)[C@H]1[C@H]2C(=O)N([C@@H](CO)Cc3ccccc3)C(C(=O)N(CC=C)c3ccccc3Cl)C23CC(C)[C@]1(C)O3)c1ccc(OCC)cc1. The Morgan fingerprint density at radius 3 is 2.29 bits per heavy atom. The number of rotatable bonds is 14. The minimum absolute atomic E-state index is 0.115. The van der Waals surface area contributed by atoms with Crippen molar-refractivity contribution in [2.45, 2.75) is 56.9 Å². The smallest absolute Gasteiger partial charge is 0.253 e. The predicted octanol–water partition coefficient (Wildman–Crippen LogP) is 6.09. The van der Waals surface area contributed by atoms with Gasteiger partial charge in [0.05, 0.1) is 47.4 Å². The summed E-state index contributed by atoms with van der Waals surface area (Å²) in [6, 6.07) is 21.9. The van der Waals surface area contributed by atoms with Gasteiger partial charge < -0.3 is 29.3 Å². The Morgan fingerprint density at radius 1 is 1.02 bits per heavy atom. The average molecular weight is 712 g/mol. The molecular formula is C41H46ClN3O6. The Kier molecular flexibility index (Phi) is 10.4. The van der Waals surface area contributed by atoms with Crippen molar-refractivity contribution in [2.24, 2.45) is 17.8 Å². The topological polar surface area (TPSA) is 99.6 Å². The molecule has 3 aliphatic rings. The molecule has 0 saturated carbocycles.